The molecule has 28 heavy (non-hydrogen) atoms. The summed E-state index contributed by atoms with van der Waals surface area (Å²) in [5, 5.41) is 4.98. The fraction of sp³-hybridized carbons (Fsp3) is 0.300. The summed E-state index contributed by atoms with van der Waals surface area (Å²) in [6.07, 6.45) is -4.57. The van der Waals surface area contributed by atoms with E-state index in [1.165, 1.54) is 30.1 Å². The summed E-state index contributed by atoms with van der Waals surface area (Å²) in [5.74, 6) is -0.965. The molecule has 0 fully saturated rings. The average molecular weight is 393 g/mol. The number of anilines is 2. The van der Waals surface area contributed by atoms with Crippen molar-refractivity contribution in [1.29, 1.82) is 0 Å². The average Bonchev–Trinajstić information content (AvgIpc) is 2.57. The third kappa shape index (κ3) is 6.09. The summed E-state index contributed by atoms with van der Waals surface area (Å²) < 4.78 is 38.9. The Balaban J connectivity index is 1.90. The number of carbonyl (C=O) groups excluding carboxylic acids is 2. The summed E-state index contributed by atoms with van der Waals surface area (Å²) in [6, 6.07) is 10.3. The van der Waals surface area contributed by atoms with Crippen LogP contribution < -0.4 is 10.6 Å². The molecule has 0 spiro atoms. The van der Waals surface area contributed by atoms with Crippen LogP contribution >= 0.6 is 0 Å². The molecular weight excluding hydrogens is 371 g/mol. The van der Waals surface area contributed by atoms with E-state index in [0.717, 1.165) is 17.2 Å². The standard InChI is InChI=1S/C20H22F3N3O2/c1-13-8-9-15(10-14(13)2)24-18(27)11-26(3)12-19(28)25-17-7-5-4-6-16(17)20(21,22)23/h4-10H,11-12H2,1-3H3,(H,24,27)(H,25,28). The third-order valence-corrected chi connectivity index (χ3v) is 4.12. The molecule has 0 saturated carbocycles. The summed E-state index contributed by atoms with van der Waals surface area (Å²) >= 11 is 0. The number of hydrogen-bond acceptors (Lipinski definition) is 3. The van der Waals surface area contributed by atoms with E-state index in [9.17, 15) is 22.8 Å². The highest BCUT2D eigenvalue weighted by atomic mass is 19.4. The molecule has 0 bridgehead atoms. The van der Waals surface area contributed by atoms with Gasteiger partial charge in [0.25, 0.3) is 0 Å². The van der Waals surface area contributed by atoms with Crippen molar-refractivity contribution in [1.82, 2.24) is 4.90 Å². The van der Waals surface area contributed by atoms with Crippen LogP contribution in [0.2, 0.25) is 0 Å². The zero-order valence-electron chi connectivity index (χ0n) is 15.9. The molecule has 0 aliphatic carbocycles. The fourth-order valence-electron chi connectivity index (χ4n) is 2.59. The van der Waals surface area contributed by atoms with Crippen molar-refractivity contribution in [2.24, 2.45) is 0 Å². The SMILES string of the molecule is Cc1ccc(NC(=O)CN(C)CC(=O)Nc2ccccc2C(F)(F)F)cc1C. The second-order valence-electron chi connectivity index (χ2n) is 6.61. The maximum atomic E-state index is 13.0. The van der Waals surface area contributed by atoms with Crippen molar-refractivity contribution in [2.45, 2.75) is 20.0 Å². The van der Waals surface area contributed by atoms with Gasteiger partial charge in [-0.2, -0.15) is 13.2 Å². The number of hydrogen-bond donors (Lipinski definition) is 2. The van der Waals surface area contributed by atoms with Crippen LogP contribution in [0.25, 0.3) is 0 Å². The highest BCUT2D eigenvalue weighted by Crippen LogP contribution is 2.34. The molecule has 0 radical (unpaired) electrons. The topological polar surface area (TPSA) is 61.4 Å². The van der Waals surface area contributed by atoms with Gasteiger partial charge in [-0.05, 0) is 56.3 Å². The Morgan fingerprint density at radius 2 is 1.54 bits per heavy atom. The van der Waals surface area contributed by atoms with Crippen LogP contribution in [0, 0.1) is 13.8 Å². The van der Waals surface area contributed by atoms with Crippen LogP contribution in [-0.2, 0) is 15.8 Å². The molecule has 0 unspecified atom stereocenters. The third-order valence-electron chi connectivity index (χ3n) is 4.12. The van der Waals surface area contributed by atoms with Crippen molar-refractivity contribution < 1.29 is 22.8 Å². The minimum absolute atomic E-state index is 0.0821. The van der Waals surface area contributed by atoms with Crippen molar-refractivity contribution in [3.63, 3.8) is 0 Å². The lowest BCUT2D eigenvalue weighted by Gasteiger charge is -2.18. The van der Waals surface area contributed by atoms with Crippen molar-refractivity contribution >= 4 is 23.2 Å². The zero-order valence-corrected chi connectivity index (χ0v) is 15.9. The number of alkyl halides is 3. The Hall–Kier alpha value is -2.87. The van der Waals surface area contributed by atoms with E-state index in [1.54, 1.807) is 6.07 Å². The number of para-hydroxylation sites is 1. The number of nitrogens with zero attached hydrogens (tertiary/aromatic N) is 1. The predicted octanol–water partition coefficient (Wildman–Crippen LogP) is 3.83. The summed E-state index contributed by atoms with van der Waals surface area (Å²) in [7, 11) is 1.54. The first-order valence-corrected chi connectivity index (χ1v) is 8.58. The summed E-state index contributed by atoms with van der Waals surface area (Å²) in [5.41, 5.74) is 1.55. The molecule has 0 heterocycles. The van der Waals surface area contributed by atoms with Crippen LogP contribution in [0.5, 0.6) is 0 Å². The summed E-state index contributed by atoms with van der Waals surface area (Å²) in [4.78, 5) is 25.6. The number of aryl methyl sites for hydroxylation is 2. The zero-order chi connectivity index (χ0) is 20.9. The number of nitrogens with one attached hydrogen (secondary N) is 2. The van der Waals surface area contributed by atoms with Gasteiger partial charge in [0, 0.05) is 5.69 Å². The number of carbonyl (C=O) groups is 2. The van der Waals surface area contributed by atoms with E-state index in [1.807, 2.05) is 26.0 Å². The van der Waals surface area contributed by atoms with Crippen molar-refractivity contribution in [2.75, 3.05) is 30.8 Å². The maximum Gasteiger partial charge on any atom is 0.418 e. The Bertz CT molecular complexity index is 866. The lowest BCUT2D eigenvalue weighted by Crippen LogP contribution is -2.36. The Morgan fingerprint density at radius 1 is 0.929 bits per heavy atom. The molecule has 0 aliphatic rings. The summed E-state index contributed by atoms with van der Waals surface area (Å²) in [6.45, 7) is 3.58. The molecule has 150 valence electrons. The highest BCUT2D eigenvalue weighted by Gasteiger charge is 2.33. The van der Waals surface area contributed by atoms with Gasteiger partial charge in [0.1, 0.15) is 0 Å². The van der Waals surface area contributed by atoms with Gasteiger partial charge in [0.05, 0.1) is 24.3 Å². The van der Waals surface area contributed by atoms with Crippen LogP contribution in [0.4, 0.5) is 24.5 Å². The van der Waals surface area contributed by atoms with Crippen molar-refractivity contribution in [3.8, 4) is 0 Å². The van der Waals surface area contributed by atoms with Gasteiger partial charge < -0.3 is 10.6 Å². The molecule has 2 aromatic carbocycles. The van der Waals surface area contributed by atoms with Gasteiger partial charge in [0.15, 0.2) is 0 Å². The molecule has 2 N–H and O–H groups in total. The van der Waals surface area contributed by atoms with Crippen molar-refractivity contribution in [3.05, 3.63) is 59.2 Å². The molecule has 0 aliphatic heterocycles. The van der Waals surface area contributed by atoms with E-state index < -0.39 is 17.6 Å². The van der Waals surface area contributed by atoms with Crippen LogP contribution in [0.1, 0.15) is 16.7 Å². The number of halogens is 3. The monoisotopic (exact) mass is 393 g/mol. The lowest BCUT2D eigenvalue weighted by atomic mass is 10.1. The van der Waals surface area contributed by atoms with Gasteiger partial charge in [-0.15, -0.1) is 0 Å². The van der Waals surface area contributed by atoms with E-state index in [2.05, 4.69) is 10.6 Å². The van der Waals surface area contributed by atoms with Crippen LogP contribution in [0.3, 0.4) is 0 Å². The highest BCUT2D eigenvalue weighted by molar-refractivity contribution is 5.95. The normalized spacial score (nSPS) is 11.4. The molecule has 0 aromatic heterocycles. The Kier molecular flexibility index (Phi) is 6.80. The van der Waals surface area contributed by atoms with E-state index in [4.69, 9.17) is 0 Å². The molecule has 5 nitrogen and oxygen atoms in total. The first-order valence-electron chi connectivity index (χ1n) is 8.58. The van der Waals surface area contributed by atoms with Gasteiger partial charge in [0.2, 0.25) is 11.8 Å². The lowest BCUT2D eigenvalue weighted by molar-refractivity contribution is -0.137. The second kappa shape index (κ2) is 8.88. The van der Waals surface area contributed by atoms with E-state index in [0.29, 0.717) is 5.69 Å². The minimum atomic E-state index is -4.57. The van der Waals surface area contributed by atoms with E-state index >= 15 is 0 Å². The first kappa shape index (κ1) is 21.4. The first-order chi connectivity index (χ1) is 13.1. The quantitative estimate of drug-likeness (QED) is 0.784. The smallest absolute Gasteiger partial charge is 0.325 e. The largest absolute Gasteiger partial charge is 0.418 e. The van der Waals surface area contributed by atoms with Gasteiger partial charge in [-0.1, -0.05) is 18.2 Å². The molecule has 0 saturated heterocycles. The fourth-order valence-corrected chi connectivity index (χ4v) is 2.59. The second-order valence-corrected chi connectivity index (χ2v) is 6.61. The van der Waals surface area contributed by atoms with Gasteiger partial charge in [-0.3, -0.25) is 14.5 Å². The maximum absolute atomic E-state index is 13.0. The molecular formula is C20H22F3N3O2. The predicted molar refractivity (Wildman–Crippen MR) is 102 cm³/mol. The number of benzene rings is 2. The molecule has 8 heteroatoms. The number of amides is 2. The number of likely N-dealkylation sites (N-methyl/N-ethyl adjacent to an activating group) is 1. The van der Waals surface area contributed by atoms with Crippen LogP contribution in [-0.4, -0.2) is 36.9 Å². The van der Waals surface area contributed by atoms with E-state index in [-0.39, 0.29) is 24.7 Å². The molecule has 0 atom stereocenters. The van der Waals surface area contributed by atoms with Crippen LogP contribution in [0.15, 0.2) is 42.5 Å². The van der Waals surface area contributed by atoms with Gasteiger partial charge >= 0.3 is 6.18 Å². The molecule has 2 amide bonds. The molecule has 2 aromatic rings. The minimum Gasteiger partial charge on any atom is -0.325 e. The number of rotatable bonds is 6. The molecule has 2 rings (SSSR count). The Morgan fingerprint density at radius 3 is 2.14 bits per heavy atom. The Labute approximate surface area is 161 Å². The van der Waals surface area contributed by atoms with Gasteiger partial charge in [-0.25, -0.2) is 0 Å².